The molecule has 18 heavy (non-hydrogen) atoms. The van der Waals surface area contributed by atoms with Crippen molar-refractivity contribution in [2.75, 3.05) is 11.1 Å². The molecule has 0 saturated heterocycles. The van der Waals surface area contributed by atoms with Crippen molar-refractivity contribution in [3.63, 3.8) is 0 Å². The Bertz CT molecular complexity index is 588. The third kappa shape index (κ3) is 2.72. The molecule has 0 radical (unpaired) electrons. The van der Waals surface area contributed by atoms with Crippen molar-refractivity contribution in [3.05, 3.63) is 47.1 Å². The van der Waals surface area contributed by atoms with Gasteiger partial charge in [-0.15, -0.1) is 0 Å². The molecule has 92 valence electrons. The van der Waals surface area contributed by atoms with Crippen LogP contribution in [0.5, 0.6) is 0 Å². The number of rotatable bonds is 2. The Morgan fingerprint density at radius 2 is 2.11 bits per heavy atom. The lowest BCUT2D eigenvalue weighted by atomic mass is 10.3. The Balaban J connectivity index is 2.21. The summed E-state index contributed by atoms with van der Waals surface area (Å²) in [5, 5.41) is 2.66. The lowest BCUT2D eigenvalue weighted by Crippen LogP contribution is -2.14. The van der Waals surface area contributed by atoms with Gasteiger partial charge in [-0.05, 0) is 18.2 Å². The summed E-state index contributed by atoms with van der Waals surface area (Å²) in [6, 6.07) is 3.66. The van der Waals surface area contributed by atoms with Crippen molar-refractivity contribution in [1.82, 2.24) is 9.97 Å². The number of hydrogen-bond acceptors (Lipinski definition) is 4. The highest BCUT2D eigenvalue weighted by molar-refractivity contribution is 6.33. The van der Waals surface area contributed by atoms with E-state index in [1.165, 1.54) is 24.5 Å². The SMILES string of the molecule is Nc1cnc(C(=O)Nc2cc(F)ccc2Cl)cn1. The number of nitrogens with two attached hydrogens (primary N) is 1. The van der Waals surface area contributed by atoms with Gasteiger partial charge in [-0.1, -0.05) is 11.6 Å². The van der Waals surface area contributed by atoms with Gasteiger partial charge in [0.05, 0.1) is 23.1 Å². The van der Waals surface area contributed by atoms with E-state index in [9.17, 15) is 9.18 Å². The predicted molar refractivity (Wildman–Crippen MR) is 65.8 cm³/mol. The maximum absolute atomic E-state index is 13.0. The average Bonchev–Trinajstić information content (AvgIpc) is 2.34. The molecule has 0 aliphatic carbocycles. The van der Waals surface area contributed by atoms with Gasteiger partial charge in [0.25, 0.3) is 5.91 Å². The molecule has 1 aromatic heterocycles. The molecule has 3 N–H and O–H groups in total. The predicted octanol–water partition coefficient (Wildman–Crippen LogP) is 2.10. The van der Waals surface area contributed by atoms with Gasteiger partial charge < -0.3 is 11.1 Å². The second-order valence-corrected chi connectivity index (χ2v) is 3.81. The molecular weight excluding hydrogens is 259 g/mol. The van der Waals surface area contributed by atoms with Crippen LogP contribution in [0.4, 0.5) is 15.9 Å². The minimum Gasteiger partial charge on any atom is -0.382 e. The monoisotopic (exact) mass is 266 g/mol. The fraction of sp³-hybridized carbons (Fsp3) is 0. The molecule has 0 atom stereocenters. The van der Waals surface area contributed by atoms with Gasteiger partial charge in [0.2, 0.25) is 0 Å². The number of nitrogens with one attached hydrogen (secondary N) is 1. The van der Waals surface area contributed by atoms with Crippen LogP contribution in [-0.2, 0) is 0 Å². The highest BCUT2D eigenvalue weighted by Gasteiger charge is 2.10. The van der Waals surface area contributed by atoms with Crippen molar-refractivity contribution in [2.24, 2.45) is 0 Å². The second-order valence-electron chi connectivity index (χ2n) is 3.40. The number of aromatic nitrogens is 2. The van der Waals surface area contributed by atoms with Crippen LogP contribution in [0.3, 0.4) is 0 Å². The zero-order valence-electron chi connectivity index (χ0n) is 9.02. The fourth-order valence-electron chi connectivity index (χ4n) is 1.23. The smallest absolute Gasteiger partial charge is 0.275 e. The van der Waals surface area contributed by atoms with E-state index in [0.29, 0.717) is 0 Å². The summed E-state index contributed by atoms with van der Waals surface area (Å²) in [5.41, 5.74) is 5.57. The third-order valence-electron chi connectivity index (χ3n) is 2.08. The molecule has 5 nitrogen and oxygen atoms in total. The van der Waals surface area contributed by atoms with E-state index in [0.717, 1.165) is 6.07 Å². The van der Waals surface area contributed by atoms with E-state index in [2.05, 4.69) is 15.3 Å². The molecule has 0 aliphatic heterocycles. The number of amides is 1. The van der Waals surface area contributed by atoms with Crippen LogP contribution in [0.25, 0.3) is 0 Å². The van der Waals surface area contributed by atoms with Gasteiger partial charge in [0, 0.05) is 0 Å². The molecular formula is C11H8ClFN4O. The molecule has 0 saturated carbocycles. The van der Waals surface area contributed by atoms with Crippen LogP contribution >= 0.6 is 11.6 Å². The maximum Gasteiger partial charge on any atom is 0.275 e. The molecule has 0 unspecified atom stereocenters. The molecule has 0 bridgehead atoms. The Labute approximate surface area is 107 Å². The van der Waals surface area contributed by atoms with E-state index in [4.69, 9.17) is 17.3 Å². The van der Waals surface area contributed by atoms with Crippen molar-refractivity contribution < 1.29 is 9.18 Å². The summed E-state index contributed by atoms with van der Waals surface area (Å²) in [6.45, 7) is 0. The largest absolute Gasteiger partial charge is 0.382 e. The lowest BCUT2D eigenvalue weighted by molar-refractivity contribution is 0.102. The Hall–Kier alpha value is -2.21. The van der Waals surface area contributed by atoms with Crippen LogP contribution in [0, 0.1) is 5.82 Å². The molecule has 0 spiro atoms. The summed E-state index contributed by atoms with van der Waals surface area (Å²) >= 11 is 5.82. The molecule has 0 aliphatic rings. The number of halogens is 2. The summed E-state index contributed by atoms with van der Waals surface area (Å²) in [4.78, 5) is 19.3. The standard InChI is InChI=1S/C11H8ClFN4O/c12-7-2-1-6(13)3-8(7)17-11(18)9-4-16-10(14)5-15-9/h1-5H,(H2,14,16)(H,17,18). The number of nitrogens with zero attached hydrogens (tertiary/aromatic N) is 2. The third-order valence-corrected chi connectivity index (χ3v) is 2.41. The average molecular weight is 267 g/mol. The van der Waals surface area contributed by atoms with Gasteiger partial charge in [0.15, 0.2) is 0 Å². The van der Waals surface area contributed by atoms with Crippen molar-refractivity contribution in [3.8, 4) is 0 Å². The minimum absolute atomic E-state index is 0.0597. The Morgan fingerprint density at radius 3 is 2.78 bits per heavy atom. The first-order valence-electron chi connectivity index (χ1n) is 4.90. The molecule has 1 aromatic carbocycles. The summed E-state index contributed by atoms with van der Waals surface area (Å²) in [6.07, 6.45) is 2.47. The van der Waals surface area contributed by atoms with E-state index in [1.54, 1.807) is 0 Å². The highest BCUT2D eigenvalue weighted by Crippen LogP contribution is 2.22. The number of carbonyl (C=O) groups excluding carboxylic acids is 1. The number of hydrogen-bond donors (Lipinski definition) is 2. The van der Waals surface area contributed by atoms with E-state index >= 15 is 0 Å². The van der Waals surface area contributed by atoms with Gasteiger partial charge in [-0.3, -0.25) is 4.79 Å². The number of anilines is 2. The molecule has 2 rings (SSSR count). The van der Waals surface area contributed by atoms with E-state index in [1.807, 2.05) is 0 Å². The van der Waals surface area contributed by atoms with Gasteiger partial charge in [-0.25, -0.2) is 14.4 Å². The normalized spacial score (nSPS) is 10.1. The zero-order chi connectivity index (χ0) is 13.1. The van der Waals surface area contributed by atoms with Crippen LogP contribution < -0.4 is 11.1 Å². The summed E-state index contributed by atoms with van der Waals surface area (Å²) < 4.78 is 13.0. The molecule has 2 aromatic rings. The first-order valence-corrected chi connectivity index (χ1v) is 5.28. The first kappa shape index (κ1) is 12.3. The Morgan fingerprint density at radius 1 is 1.33 bits per heavy atom. The maximum atomic E-state index is 13.0. The Kier molecular flexibility index (Phi) is 3.38. The minimum atomic E-state index is -0.546. The van der Waals surface area contributed by atoms with E-state index < -0.39 is 11.7 Å². The molecule has 7 heteroatoms. The highest BCUT2D eigenvalue weighted by atomic mass is 35.5. The molecule has 1 amide bonds. The first-order chi connectivity index (χ1) is 8.56. The second kappa shape index (κ2) is 4.97. The lowest BCUT2D eigenvalue weighted by Gasteiger charge is -2.06. The van der Waals surface area contributed by atoms with Crippen LogP contribution in [0.15, 0.2) is 30.6 Å². The number of carbonyl (C=O) groups is 1. The number of nitrogen functional groups attached to an aromatic ring is 1. The van der Waals surface area contributed by atoms with Crippen molar-refractivity contribution in [1.29, 1.82) is 0 Å². The fourth-order valence-corrected chi connectivity index (χ4v) is 1.40. The zero-order valence-corrected chi connectivity index (χ0v) is 9.78. The van der Waals surface area contributed by atoms with Crippen LogP contribution in [-0.4, -0.2) is 15.9 Å². The summed E-state index contributed by atoms with van der Waals surface area (Å²) in [5.74, 6) is -0.844. The quantitative estimate of drug-likeness (QED) is 0.872. The van der Waals surface area contributed by atoms with Gasteiger partial charge >= 0.3 is 0 Å². The summed E-state index contributed by atoms with van der Waals surface area (Å²) in [7, 11) is 0. The van der Waals surface area contributed by atoms with Gasteiger partial charge in [-0.2, -0.15) is 0 Å². The van der Waals surface area contributed by atoms with Gasteiger partial charge in [0.1, 0.15) is 17.3 Å². The topological polar surface area (TPSA) is 80.9 Å². The number of benzene rings is 1. The van der Waals surface area contributed by atoms with Crippen LogP contribution in [0.2, 0.25) is 5.02 Å². The van der Waals surface area contributed by atoms with Crippen LogP contribution in [0.1, 0.15) is 10.5 Å². The van der Waals surface area contributed by atoms with E-state index in [-0.39, 0.29) is 22.2 Å². The van der Waals surface area contributed by atoms with Crippen molar-refractivity contribution >= 4 is 29.0 Å². The van der Waals surface area contributed by atoms with Crippen molar-refractivity contribution in [2.45, 2.75) is 0 Å². The molecule has 0 fully saturated rings. The molecule has 1 heterocycles.